The van der Waals surface area contributed by atoms with Crippen molar-refractivity contribution in [2.45, 2.75) is 39.0 Å². The SMILES string of the molecule is CCOCc1ccccc1CNC1CCN(C)CC1. The Hall–Kier alpha value is -0.900. The fourth-order valence-electron chi connectivity index (χ4n) is 2.55. The minimum atomic E-state index is 0.663. The van der Waals surface area contributed by atoms with Crippen molar-refractivity contribution in [3.63, 3.8) is 0 Å². The van der Waals surface area contributed by atoms with Gasteiger partial charge in [0.05, 0.1) is 6.61 Å². The molecule has 2 rings (SSSR count). The van der Waals surface area contributed by atoms with Crippen LogP contribution < -0.4 is 5.32 Å². The monoisotopic (exact) mass is 262 g/mol. The van der Waals surface area contributed by atoms with E-state index in [1.54, 1.807) is 0 Å². The molecule has 0 saturated carbocycles. The van der Waals surface area contributed by atoms with Crippen molar-refractivity contribution in [3.8, 4) is 0 Å². The normalized spacial score (nSPS) is 17.8. The largest absolute Gasteiger partial charge is 0.377 e. The van der Waals surface area contributed by atoms with Gasteiger partial charge in [-0.25, -0.2) is 0 Å². The van der Waals surface area contributed by atoms with E-state index >= 15 is 0 Å². The van der Waals surface area contributed by atoms with Gasteiger partial charge in [0.25, 0.3) is 0 Å². The lowest BCUT2D eigenvalue weighted by Gasteiger charge is -2.29. The Bertz CT molecular complexity index is 373. The number of hydrogen-bond acceptors (Lipinski definition) is 3. The zero-order valence-corrected chi connectivity index (χ0v) is 12.2. The maximum Gasteiger partial charge on any atom is 0.0719 e. The van der Waals surface area contributed by atoms with E-state index in [2.05, 4.69) is 41.5 Å². The first-order valence-electron chi connectivity index (χ1n) is 7.36. The standard InChI is InChI=1S/C16H26N2O/c1-3-19-13-15-7-5-4-6-14(15)12-17-16-8-10-18(2)11-9-16/h4-7,16-17H,3,8-13H2,1-2H3. The Morgan fingerprint density at radius 1 is 1.21 bits per heavy atom. The van der Waals surface area contributed by atoms with Crippen LogP contribution in [0.3, 0.4) is 0 Å². The van der Waals surface area contributed by atoms with E-state index in [4.69, 9.17) is 4.74 Å². The molecule has 106 valence electrons. The second-order valence-corrected chi connectivity index (χ2v) is 5.36. The second kappa shape index (κ2) is 7.63. The highest BCUT2D eigenvalue weighted by Crippen LogP contribution is 2.13. The van der Waals surface area contributed by atoms with E-state index in [-0.39, 0.29) is 0 Å². The summed E-state index contributed by atoms with van der Waals surface area (Å²) in [6, 6.07) is 9.24. The van der Waals surface area contributed by atoms with Gasteiger partial charge in [0.1, 0.15) is 0 Å². The number of rotatable bonds is 6. The van der Waals surface area contributed by atoms with Crippen molar-refractivity contribution in [2.75, 3.05) is 26.7 Å². The molecule has 0 bridgehead atoms. The Labute approximate surface area is 116 Å². The minimum absolute atomic E-state index is 0.663. The second-order valence-electron chi connectivity index (χ2n) is 5.36. The smallest absolute Gasteiger partial charge is 0.0719 e. The molecule has 1 N–H and O–H groups in total. The number of benzene rings is 1. The lowest BCUT2D eigenvalue weighted by molar-refractivity contribution is 0.133. The molecule has 1 aliphatic heterocycles. The van der Waals surface area contributed by atoms with Crippen LogP contribution in [0.5, 0.6) is 0 Å². The molecule has 19 heavy (non-hydrogen) atoms. The van der Waals surface area contributed by atoms with Crippen LogP contribution in [0.25, 0.3) is 0 Å². The molecule has 0 aliphatic carbocycles. The number of ether oxygens (including phenoxy) is 1. The zero-order chi connectivity index (χ0) is 13.5. The first kappa shape index (κ1) is 14.5. The van der Waals surface area contributed by atoms with E-state index in [1.807, 2.05) is 6.92 Å². The highest BCUT2D eigenvalue weighted by Gasteiger charge is 2.16. The van der Waals surface area contributed by atoms with E-state index < -0.39 is 0 Å². The van der Waals surface area contributed by atoms with Crippen LogP contribution in [-0.2, 0) is 17.9 Å². The predicted molar refractivity (Wildman–Crippen MR) is 79.1 cm³/mol. The Morgan fingerprint density at radius 2 is 1.89 bits per heavy atom. The number of nitrogens with zero attached hydrogens (tertiary/aromatic N) is 1. The van der Waals surface area contributed by atoms with Crippen LogP contribution in [0.2, 0.25) is 0 Å². The molecule has 3 nitrogen and oxygen atoms in total. The van der Waals surface area contributed by atoms with Gasteiger partial charge < -0.3 is 15.0 Å². The average molecular weight is 262 g/mol. The lowest BCUT2D eigenvalue weighted by Crippen LogP contribution is -2.40. The van der Waals surface area contributed by atoms with E-state index in [9.17, 15) is 0 Å². The van der Waals surface area contributed by atoms with Crippen molar-refractivity contribution < 1.29 is 4.74 Å². The van der Waals surface area contributed by atoms with Gasteiger partial charge in [0.15, 0.2) is 0 Å². The van der Waals surface area contributed by atoms with Crippen LogP contribution in [0, 0.1) is 0 Å². The van der Waals surface area contributed by atoms with Crippen LogP contribution in [0.1, 0.15) is 30.9 Å². The molecule has 0 atom stereocenters. The first-order chi connectivity index (χ1) is 9.29. The van der Waals surface area contributed by atoms with Crippen molar-refractivity contribution >= 4 is 0 Å². The van der Waals surface area contributed by atoms with Crippen molar-refractivity contribution in [2.24, 2.45) is 0 Å². The van der Waals surface area contributed by atoms with Crippen molar-refractivity contribution in [3.05, 3.63) is 35.4 Å². The quantitative estimate of drug-likeness (QED) is 0.852. The molecule has 3 heteroatoms. The van der Waals surface area contributed by atoms with E-state index in [0.717, 1.165) is 19.8 Å². The summed E-state index contributed by atoms with van der Waals surface area (Å²) >= 11 is 0. The first-order valence-corrected chi connectivity index (χ1v) is 7.36. The van der Waals surface area contributed by atoms with Crippen molar-refractivity contribution in [1.82, 2.24) is 10.2 Å². The van der Waals surface area contributed by atoms with Gasteiger partial charge in [-0.05, 0) is 51.0 Å². The third-order valence-corrected chi connectivity index (χ3v) is 3.88. The molecular weight excluding hydrogens is 236 g/mol. The maximum absolute atomic E-state index is 5.53. The fraction of sp³-hybridized carbons (Fsp3) is 0.625. The molecule has 0 unspecified atom stereocenters. The number of hydrogen-bond donors (Lipinski definition) is 1. The summed E-state index contributed by atoms with van der Waals surface area (Å²) in [5, 5.41) is 3.69. The summed E-state index contributed by atoms with van der Waals surface area (Å²) in [5.74, 6) is 0. The van der Waals surface area contributed by atoms with E-state index in [1.165, 1.54) is 37.1 Å². The predicted octanol–water partition coefficient (Wildman–Crippen LogP) is 2.41. The van der Waals surface area contributed by atoms with E-state index in [0.29, 0.717) is 6.04 Å². The Morgan fingerprint density at radius 3 is 2.58 bits per heavy atom. The molecule has 1 heterocycles. The van der Waals surface area contributed by atoms with Crippen LogP contribution in [-0.4, -0.2) is 37.7 Å². The summed E-state index contributed by atoms with van der Waals surface area (Å²) in [4.78, 5) is 2.40. The Kier molecular flexibility index (Phi) is 5.83. The number of likely N-dealkylation sites (tertiary alicyclic amines) is 1. The molecule has 1 saturated heterocycles. The van der Waals surface area contributed by atoms with Crippen molar-refractivity contribution in [1.29, 1.82) is 0 Å². The summed E-state index contributed by atoms with van der Waals surface area (Å²) in [5.41, 5.74) is 2.68. The molecular formula is C16H26N2O. The van der Waals surface area contributed by atoms with Gasteiger partial charge in [-0.15, -0.1) is 0 Å². The number of nitrogens with one attached hydrogen (secondary N) is 1. The molecule has 0 spiro atoms. The Balaban J connectivity index is 1.84. The molecule has 0 radical (unpaired) electrons. The molecule has 0 amide bonds. The summed E-state index contributed by atoms with van der Waals surface area (Å²) in [6.45, 7) is 6.91. The molecule has 1 aliphatic rings. The van der Waals surface area contributed by atoms with Crippen LogP contribution >= 0.6 is 0 Å². The fourth-order valence-corrected chi connectivity index (χ4v) is 2.55. The molecule has 0 aromatic heterocycles. The highest BCUT2D eigenvalue weighted by molar-refractivity contribution is 5.26. The van der Waals surface area contributed by atoms with Gasteiger partial charge in [0, 0.05) is 19.2 Å². The summed E-state index contributed by atoms with van der Waals surface area (Å²) in [6.07, 6.45) is 2.51. The van der Waals surface area contributed by atoms with Crippen LogP contribution in [0.15, 0.2) is 24.3 Å². The van der Waals surface area contributed by atoms with Gasteiger partial charge in [-0.2, -0.15) is 0 Å². The van der Waals surface area contributed by atoms with Crippen LogP contribution in [0.4, 0.5) is 0 Å². The maximum atomic E-state index is 5.53. The molecule has 1 aromatic rings. The lowest BCUT2D eigenvalue weighted by atomic mass is 10.0. The number of piperidine rings is 1. The highest BCUT2D eigenvalue weighted by atomic mass is 16.5. The minimum Gasteiger partial charge on any atom is -0.377 e. The van der Waals surface area contributed by atoms with Gasteiger partial charge in [-0.3, -0.25) is 0 Å². The van der Waals surface area contributed by atoms with Gasteiger partial charge in [-0.1, -0.05) is 24.3 Å². The zero-order valence-electron chi connectivity index (χ0n) is 12.2. The average Bonchev–Trinajstić information content (AvgIpc) is 2.45. The summed E-state index contributed by atoms with van der Waals surface area (Å²) in [7, 11) is 2.20. The van der Waals surface area contributed by atoms with Gasteiger partial charge >= 0.3 is 0 Å². The van der Waals surface area contributed by atoms with Gasteiger partial charge in [0.2, 0.25) is 0 Å². The molecule has 1 aromatic carbocycles. The molecule has 1 fully saturated rings. The third kappa shape index (κ3) is 4.60. The topological polar surface area (TPSA) is 24.5 Å². The summed E-state index contributed by atoms with van der Waals surface area (Å²) < 4.78 is 5.53. The third-order valence-electron chi connectivity index (χ3n) is 3.88.